The molecule has 0 aliphatic carbocycles. The first-order valence-corrected chi connectivity index (χ1v) is 9.34. The number of hydrogen-bond donors (Lipinski definition) is 1. The Bertz CT molecular complexity index is 881. The van der Waals surface area contributed by atoms with Crippen LogP contribution in [0.2, 0.25) is 0 Å². The van der Waals surface area contributed by atoms with Crippen molar-refractivity contribution in [2.75, 3.05) is 13.1 Å². The average Bonchev–Trinajstić information content (AvgIpc) is 2.57. The van der Waals surface area contributed by atoms with Gasteiger partial charge in [0, 0.05) is 30.3 Å². The van der Waals surface area contributed by atoms with Gasteiger partial charge in [-0.3, -0.25) is 4.79 Å². The standard InChI is InChI=1S/C18H17NOS2/c20-18-14-3-1-2-4-16(14)22-17-6-5-13(11-15(17)18)21-12-7-9-19-10-8-12/h1-6,11-12,19H,7-10H2. The van der Waals surface area contributed by atoms with E-state index >= 15 is 0 Å². The number of fused-ring (bicyclic) bond motifs is 2. The molecule has 2 heterocycles. The Labute approximate surface area is 137 Å². The number of thioether (sulfide) groups is 1. The fraction of sp³-hybridized carbons (Fsp3) is 0.278. The van der Waals surface area contributed by atoms with E-state index in [1.165, 1.54) is 17.7 Å². The van der Waals surface area contributed by atoms with Crippen molar-refractivity contribution in [3.63, 3.8) is 0 Å². The molecule has 3 aromatic rings. The highest BCUT2D eigenvalue weighted by molar-refractivity contribution is 8.00. The molecule has 0 radical (unpaired) electrons. The summed E-state index contributed by atoms with van der Waals surface area (Å²) in [6, 6.07) is 14.3. The molecule has 4 heteroatoms. The molecule has 1 aliphatic heterocycles. The van der Waals surface area contributed by atoms with Crippen molar-refractivity contribution in [1.29, 1.82) is 0 Å². The zero-order valence-corrected chi connectivity index (χ0v) is 13.8. The predicted octanol–water partition coefficient (Wildman–Crippen LogP) is 4.26. The molecule has 0 amide bonds. The highest BCUT2D eigenvalue weighted by Gasteiger charge is 2.15. The smallest absolute Gasteiger partial charge is 0.195 e. The summed E-state index contributed by atoms with van der Waals surface area (Å²) in [6.45, 7) is 2.20. The van der Waals surface area contributed by atoms with E-state index in [1.807, 2.05) is 36.0 Å². The van der Waals surface area contributed by atoms with Crippen molar-refractivity contribution in [2.45, 2.75) is 23.0 Å². The summed E-state index contributed by atoms with van der Waals surface area (Å²) in [6.07, 6.45) is 2.40. The number of benzene rings is 2. The van der Waals surface area contributed by atoms with Crippen LogP contribution in [0.4, 0.5) is 0 Å². The Morgan fingerprint density at radius 2 is 1.77 bits per heavy atom. The normalized spacial score (nSPS) is 16.4. The van der Waals surface area contributed by atoms with Gasteiger partial charge in [-0.2, -0.15) is 0 Å². The minimum Gasteiger partial charge on any atom is -0.317 e. The molecular formula is C18H17NOS2. The second kappa shape index (κ2) is 6.03. The first-order chi connectivity index (χ1) is 10.8. The SMILES string of the molecule is O=c1c2ccccc2sc2ccc(SC3CCNCC3)cc12. The van der Waals surface area contributed by atoms with Gasteiger partial charge < -0.3 is 5.32 Å². The first kappa shape index (κ1) is 14.2. The van der Waals surface area contributed by atoms with Gasteiger partial charge in [0.1, 0.15) is 0 Å². The summed E-state index contributed by atoms with van der Waals surface area (Å²) in [7, 11) is 0. The monoisotopic (exact) mass is 327 g/mol. The van der Waals surface area contributed by atoms with Crippen molar-refractivity contribution in [1.82, 2.24) is 5.32 Å². The van der Waals surface area contributed by atoms with Gasteiger partial charge >= 0.3 is 0 Å². The van der Waals surface area contributed by atoms with E-state index in [4.69, 9.17) is 0 Å². The number of piperidine rings is 1. The average molecular weight is 327 g/mol. The molecule has 0 spiro atoms. The van der Waals surface area contributed by atoms with E-state index in [1.54, 1.807) is 11.3 Å². The Hall–Kier alpha value is -1.36. The third-order valence-electron chi connectivity index (χ3n) is 4.14. The van der Waals surface area contributed by atoms with Gasteiger partial charge in [0.15, 0.2) is 5.43 Å². The van der Waals surface area contributed by atoms with E-state index in [2.05, 4.69) is 23.5 Å². The molecule has 1 aromatic heterocycles. The van der Waals surface area contributed by atoms with E-state index in [0.29, 0.717) is 5.25 Å². The van der Waals surface area contributed by atoms with Crippen LogP contribution in [-0.4, -0.2) is 18.3 Å². The quantitative estimate of drug-likeness (QED) is 0.713. The van der Waals surface area contributed by atoms with Gasteiger partial charge in [0.25, 0.3) is 0 Å². The lowest BCUT2D eigenvalue weighted by Gasteiger charge is -2.22. The molecule has 2 nitrogen and oxygen atoms in total. The van der Waals surface area contributed by atoms with Crippen LogP contribution in [0.3, 0.4) is 0 Å². The maximum atomic E-state index is 12.7. The van der Waals surface area contributed by atoms with Gasteiger partial charge in [0.2, 0.25) is 0 Å². The van der Waals surface area contributed by atoms with Crippen LogP contribution < -0.4 is 10.7 Å². The van der Waals surface area contributed by atoms with Crippen molar-refractivity contribution < 1.29 is 0 Å². The summed E-state index contributed by atoms with van der Waals surface area (Å²) >= 11 is 3.62. The van der Waals surface area contributed by atoms with Crippen LogP contribution in [0.25, 0.3) is 20.2 Å². The van der Waals surface area contributed by atoms with Gasteiger partial charge in [-0.05, 0) is 56.3 Å². The minimum atomic E-state index is 0.164. The molecule has 112 valence electrons. The number of hydrogen-bond acceptors (Lipinski definition) is 4. The highest BCUT2D eigenvalue weighted by atomic mass is 32.2. The topological polar surface area (TPSA) is 29.1 Å². The lowest BCUT2D eigenvalue weighted by atomic mass is 10.2. The summed E-state index contributed by atoms with van der Waals surface area (Å²) in [5.74, 6) is 0. The second-order valence-electron chi connectivity index (χ2n) is 5.65. The molecule has 4 rings (SSSR count). The van der Waals surface area contributed by atoms with Crippen LogP contribution in [0.15, 0.2) is 52.2 Å². The largest absolute Gasteiger partial charge is 0.317 e. The van der Waals surface area contributed by atoms with Gasteiger partial charge in [0.05, 0.1) is 0 Å². The zero-order chi connectivity index (χ0) is 14.9. The molecule has 1 saturated heterocycles. The zero-order valence-electron chi connectivity index (χ0n) is 12.2. The number of rotatable bonds is 2. The predicted molar refractivity (Wildman–Crippen MR) is 97.3 cm³/mol. The minimum absolute atomic E-state index is 0.164. The van der Waals surface area contributed by atoms with Crippen LogP contribution in [-0.2, 0) is 0 Å². The van der Waals surface area contributed by atoms with E-state index < -0.39 is 0 Å². The lowest BCUT2D eigenvalue weighted by molar-refractivity contribution is 0.531. The molecule has 0 atom stereocenters. The molecule has 1 fully saturated rings. The Morgan fingerprint density at radius 1 is 1.00 bits per heavy atom. The maximum absolute atomic E-state index is 12.7. The first-order valence-electron chi connectivity index (χ1n) is 7.64. The Kier molecular flexibility index (Phi) is 3.90. The molecular weight excluding hydrogens is 310 g/mol. The molecule has 0 saturated carbocycles. The number of nitrogens with one attached hydrogen (secondary N) is 1. The summed E-state index contributed by atoms with van der Waals surface area (Å²) in [4.78, 5) is 13.9. The van der Waals surface area contributed by atoms with Crippen molar-refractivity contribution >= 4 is 43.3 Å². The fourth-order valence-corrected chi connectivity index (χ4v) is 5.20. The van der Waals surface area contributed by atoms with Crippen molar-refractivity contribution in [2.24, 2.45) is 0 Å². The molecule has 0 bridgehead atoms. The third kappa shape index (κ3) is 2.67. The second-order valence-corrected chi connectivity index (χ2v) is 8.11. The summed E-state index contributed by atoms with van der Waals surface area (Å²) < 4.78 is 2.15. The van der Waals surface area contributed by atoms with Crippen LogP contribution in [0, 0.1) is 0 Å². The molecule has 22 heavy (non-hydrogen) atoms. The highest BCUT2D eigenvalue weighted by Crippen LogP contribution is 2.32. The lowest BCUT2D eigenvalue weighted by Crippen LogP contribution is -2.29. The van der Waals surface area contributed by atoms with Crippen LogP contribution in [0.1, 0.15) is 12.8 Å². The maximum Gasteiger partial charge on any atom is 0.195 e. The van der Waals surface area contributed by atoms with Crippen molar-refractivity contribution in [3.8, 4) is 0 Å². The molecule has 1 N–H and O–H groups in total. The van der Waals surface area contributed by atoms with Gasteiger partial charge in [-0.25, -0.2) is 0 Å². The third-order valence-corrected chi connectivity index (χ3v) is 6.62. The van der Waals surface area contributed by atoms with Crippen molar-refractivity contribution in [3.05, 3.63) is 52.7 Å². The fourth-order valence-electron chi connectivity index (χ4n) is 2.96. The van der Waals surface area contributed by atoms with Crippen LogP contribution in [0.5, 0.6) is 0 Å². The van der Waals surface area contributed by atoms with E-state index in [-0.39, 0.29) is 5.43 Å². The molecule has 1 aliphatic rings. The Balaban J connectivity index is 1.77. The van der Waals surface area contributed by atoms with E-state index in [0.717, 1.165) is 33.3 Å². The van der Waals surface area contributed by atoms with Gasteiger partial charge in [-0.1, -0.05) is 12.1 Å². The molecule has 0 unspecified atom stereocenters. The summed E-state index contributed by atoms with van der Waals surface area (Å²) in [5.41, 5.74) is 0.164. The Morgan fingerprint density at radius 3 is 2.64 bits per heavy atom. The molecule has 2 aromatic carbocycles. The van der Waals surface area contributed by atoms with E-state index in [9.17, 15) is 4.79 Å². The van der Waals surface area contributed by atoms with Gasteiger partial charge in [-0.15, -0.1) is 23.1 Å². The van der Waals surface area contributed by atoms with Crippen LogP contribution >= 0.6 is 23.1 Å². The summed E-state index contributed by atoms with van der Waals surface area (Å²) in [5, 5.41) is 5.76.